The van der Waals surface area contributed by atoms with E-state index in [-0.39, 0.29) is 11.2 Å². The fraction of sp³-hybridized carbons (Fsp3) is 0.107. The molecule has 5 rings (SSSR count). The van der Waals surface area contributed by atoms with Crippen molar-refractivity contribution in [3.8, 4) is 17.1 Å². The fourth-order valence-electron chi connectivity index (χ4n) is 3.83. The first-order valence-electron chi connectivity index (χ1n) is 11.1. The lowest BCUT2D eigenvalue weighted by Crippen LogP contribution is -2.23. The van der Waals surface area contributed by atoms with Crippen molar-refractivity contribution in [1.82, 2.24) is 14.8 Å². The molecule has 0 saturated heterocycles. The van der Waals surface area contributed by atoms with Crippen molar-refractivity contribution in [1.29, 1.82) is 0 Å². The molecule has 0 radical (unpaired) electrons. The molecular weight excluding hydrogens is 440 g/mol. The summed E-state index contributed by atoms with van der Waals surface area (Å²) in [6.07, 6.45) is 0. The van der Waals surface area contributed by atoms with Gasteiger partial charge < -0.3 is 5.32 Å². The van der Waals surface area contributed by atoms with Gasteiger partial charge in [-0.1, -0.05) is 96.2 Å². The van der Waals surface area contributed by atoms with Crippen LogP contribution in [0.4, 0.5) is 5.69 Å². The average molecular weight is 465 g/mol. The van der Waals surface area contributed by atoms with E-state index in [1.165, 1.54) is 17.3 Å². The van der Waals surface area contributed by atoms with Gasteiger partial charge in [-0.05, 0) is 37.4 Å². The maximum Gasteiger partial charge on any atom is 0.237 e. The molecule has 1 atom stereocenters. The van der Waals surface area contributed by atoms with Gasteiger partial charge in [0.2, 0.25) is 5.91 Å². The third-order valence-electron chi connectivity index (χ3n) is 5.66. The highest BCUT2D eigenvalue weighted by molar-refractivity contribution is 8.00. The maximum atomic E-state index is 13.1. The van der Waals surface area contributed by atoms with Gasteiger partial charge in [-0.3, -0.25) is 9.36 Å². The van der Waals surface area contributed by atoms with Gasteiger partial charge in [0.15, 0.2) is 11.0 Å². The molecule has 5 nitrogen and oxygen atoms in total. The number of benzene rings is 4. The number of fused-ring (bicyclic) bond motifs is 1. The second-order valence-electron chi connectivity index (χ2n) is 8.12. The summed E-state index contributed by atoms with van der Waals surface area (Å²) in [5.41, 5.74) is 3.91. The van der Waals surface area contributed by atoms with E-state index in [2.05, 4.69) is 34.6 Å². The molecule has 168 valence electrons. The van der Waals surface area contributed by atoms with E-state index in [0.717, 1.165) is 33.5 Å². The highest BCUT2D eigenvalue weighted by atomic mass is 32.2. The lowest BCUT2D eigenvalue weighted by molar-refractivity contribution is -0.115. The average Bonchev–Trinajstić information content (AvgIpc) is 3.28. The first-order valence-corrected chi connectivity index (χ1v) is 12.0. The minimum atomic E-state index is -0.378. The Kier molecular flexibility index (Phi) is 6.14. The number of carbonyl (C=O) groups is 1. The summed E-state index contributed by atoms with van der Waals surface area (Å²) in [6, 6.07) is 32.2. The molecule has 1 N–H and O–H groups in total. The van der Waals surface area contributed by atoms with Crippen molar-refractivity contribution < 1.29 is 4.79 Å². The number of hydrogen-bond donors (Lipinski definition) is 1. The number of nitrogens with one attached hydrogen (secondary N) is 1. The Morgan fingerprint density at radius 2 is 1.56 bits per heavy atom. The quantitative estimate of drug-likeness (QED) is 0.291. The number of nitrogens with zero attached hydrogens (tertiary/aromatic N) is 3. The van der Waals surface area contributed by atoms with E-state index < -0.39 is 0 Å². The Bertz CT molecular complexity index is 1440. The Labute approximate surface area is 202 Å². The molecule has 34 heavy (non-hydrogen) atoms. The molecule has 4 aromatic carbocycles. The number of hydrogen-bond acceptors (Lipinski definition) is 4. The van der Waals surface area contributed by atoms with Gasteiger partial charge in [0.25, 0.3) is 0 Å². The molecule has 5 aromatic rings. The van der Waals surface area contributed by atoms with E-state index in [1.54, 1.807) is 0 Å². The highest BCUT2D eigenvalue weighted by Gasteiger charge is 2.22. The molecule has 0 aliphatic heterocycles. The van der Waals surface area contributed by atoms with Crippen molar-refractivity contribution in [3.05, 3.63) is 103 Å². The number of para-hydroxylation sites is 1. The maximum absolute atomic E-state index is 13.1. The number of anilines is 1. The third kappa shape index (κ3) is 4.45. The van der Waals surface area contributed by atoms with Gasteiger partial charge in [0.05, 0.1) is 5.25 Å². The molecule has 1 heterocycles. The van der Waals surface area contributed by atoms with Gasteiger partial charge in [-0.15, -0.1) is 10.2 Å². The number of aryl methyl sites for hydroxylation is 1. The zero-order chi connectivity index (χ0) is 23.5. The smallest absolute Gasteiger partial charge is 0.237 e. The Balaban J connectivity index is 1.44. The molecule has 0 fully saturated rings. The first-order chi connectivity index (χ1) is 16.6. The van der Waals surface area contributed by atoms with Crippen LogP contribution in [0, 0.1) is 6.92 Å². The van der Waals surface area contributed by atoms with Crippen LogP contribution in [0.25, 0.3) is 27.8 Å². The van der Waals surface area contributed by atoms with Crippen LogP contribution in [0.15, 0.2) is 102 Å². The molecular formula is C28H24N4OS. The first kappa shape index (κ1) is 21.9. The third-order valence-corrected chi connectivity index (χ3v) is 6.70. The standard InChI is InChI=1S/C28H24N4OS/c1-19-15-17-22(18-16-19)26-30-31-28(32(26)23-11-4-3-5-12-23)34-20(2)27(33)29-25-14-8-10-21-9-6-7-13-24(21)25/h3-18,20H,1-2H3,(H,29,33)/t20-/m0/s1. The van der Waals surface area contributed by atoms with Crippen molar-refractivity contribution in [2.45, 2.75) is 24.3 Å². The van der Waals surface area contributed by atoms with Crippen LogP contribution in [0.2, 0.25) is 0 Å². The van der Waals surface area contributed by atoms with Crippen molar-refractivity contribution >= 4 is 34.1 Å². The number of carbonyl (C=O) groups excluding carboxylic acids is 1. The van der Waals surface area contributed by atoms with E-state index in [1.807, 2.05) is 96.4 Å². The van der Waals surface area contributed by atoms with Crippen LogP contribution < -0.4 is 5.32 Å². The summed E-state index contributed by atoms with van der Waals surface area (Å²) in [4.78, 5) is 13.1. The number of amides is 1. The normalized spacial score (nSPS) is 11.9. The molecule has 0 saturated carbocycles. The topological polar surface area (TPSA) is 59.8 Å². The van der Waals surface area contributed by atoms with Gasteiger partial charge in [-0.2, -0.15) is 0 Å². The number of thioether (sulfide) groups is 1. The van der Waals surface area contributed by atoms with Crippen LogP contribution in [0.5, 0.6) is 0 Å². The zero-order valence-corrected chi connectivity index (χ0v) is 19.8. The highest BCUT2D eigenvalue weighted by Crippen LogP contribution is 2.31. The summed E-state index contributed by atoms with van der Waals surface area (Å²) >= 11 is 1.39. The van der Waals surface area contributed by atoms with Gasteiger partial charge >= 0.3 is 0 Å². The SMILES string of the molecule is Cc1ccc(-c2nnc(S[C@@H](C)C(=O)Nc3cccc4ccccc34)n2-c2ccccc2)cc1. The second-order valence-corrected chi connectivity index (χ2v) is 9.43. The summed E-state index contributed by atoms with van der Waals surface area (Å²) in [7, 11) is 0. The van der Waals surface area contributed by atoms with Crippen molar-refractivity contribution in [2.24, 2.45) is 0 Å². The van der Waals surface area contributed by atoms with E-state index in [9.17, 15) is 4.79 Å². The second kappa shape index (κ2) is 9.53. The molecule has 0 unspecified atom stereocenters. The zero-order valence-electron chi connectivity index (χ0n) is 19.0. The van der Waals surface area contributed by atoms with Crippen LogP contribution in [-0.2, 0) is 4.79 Å². The molecule has 1 amide bonds. The fourth-order valence-corrected chi connectivity index (χ4v) is 4.69. The van der Waals surface area contributed by atoms with Gasteiger partial charge in [-0.25, -0.2) is 0 Å². The van der Waals surface area contributed by atoms with Crippen molar-refractivity contribution in [2.75, 3.05) is 5.32 Å². The minimum absolute atomic E-state index is 0.0825. The molecule has 6 heteroatoms. The van der Waals surface area contributed by atoms with Gasteiger partial charge in [0, 0.05) is 22.3 Å². The monoisotopic (exact) mass is 464 g/mol. The van der Waals surface area contributed by atoms with Crippen molar-refractivity contribution in [3.63, 3.8) is 0 Å². The Hall–Kier alpha value is -3.90. The number of rotatable bonds is 6. The Morgan fingerprint density at radius 3 is 2.35 bits per heavy atom. The van der Waals surface area contributed by atoms with E-state index >= 15 is 0 Å². The molecule has 1 aromatic heterocycles. The summed E-state index contributed by atoms with van der Waals surface area (Å²) in [5.74, 6) is 0.663. The Morgan fingerprint density at radius 1 is 0.853 bits per heavy atom. The summed E-state index contributed by atoms with van der Waals surface area (Å²) in [5, 5.41) is 14.4. The number of aromatic nitrogens is 3. The van der Waals surface area contributed by atoms with Crippen LogP contribution >= 0.6 is 11.8 Å². The van der Waals surface area contributed by atoms with Crippen LogP contribution in [-0.4, -0.2) is 25.9 Å². The lowest BCUT2D eigenvalue weighted by atomic mass is 10.1. The lowest BCUT2D eigenvalue weighted by Gasteiger charge is -2.15. The summed E-state index contributed by atoms with van der Waals surface area (Å²) in [6.45, 7) is 3.95. The van der Waals surface area contributed by atoms with Crippen LogP contribution in [0.3, 0.4) is 0 Å². The summed E-state index contributed by atoms with van der Waals surface area (Å²) < 4.78 is 2.01. The van der Waals surface area contributed by atoms with Gasteiger partial charge in [0.1, 0.15) is 0 Å². The van der Waals surface area contributed by atoms with Crippen LogP contribution in [0.1, 0.15) is 12.5 Å². The predicted molar refractivity (Wildman–Crippen MR) is 139 cm³/mol. The largest absolute Gasteiger partial charge is 0.325 e. The molecule has 0 aliphatic carbocycles. The van der Waals surface area contributed by atoms with E-state index in [0.29, 0.717) is 5.16 Å². The minimum Gasteiger partial charge on any atom is -0.325 e. The predicted octanol–water partition coefficient (Wildman–Crippen LogP) is 6.52. The molecule has 0 bridgehead atoms. The molecule has 0 aliphatic rings. The molecule has 0 spiro atoms. The van der Waals surface area contributed by atoms with E-state index in [4.69, 9.17) is 0 Å².